The lowest BCUT2D eigenvalue weighted by atomic mass is 10.4. The molecule has 84 valence electrons. The second-order valence-electron chi connectivity index (χ2n) is 4.03. The average Bonchev–Trinajstić information content (AvgIpc) is 1.76. The predicted molar refractivity (Wildman–Crippen MR) is 59.7 cm³/mol. The van der Waals surface area contributed by atoms with Crippen LogP contribution in [0.25, 0.3) is 0 Å². The predicted octanol–water partition coefficient (Wildman–Crippen LogP) is 3.61. The highest BCUT2D eigenvalue weighted by Crippen LogP contribution is 2.51. The molecule has 0 atom stereocenters. The highest BCUT2D eigenvalue weighted by atomic mass is 31.2. The second-order valence-corrected chi connectivity index (χ2v) is 5.99. The van der Waals surface area contributed by atoms with Crippen molar-refractivity contribution < 1.29 is 13.6 Å². The van der Waals surface area contributed by atoms with Crippen LogP contribution >= 0.6 is 7.60 Å². The molecule has 3 nitrogen and oxygen atoms in total. The summed E-state index contributed by atoms with van der Waals surface area (Å²) < 4.78 is 22.8. The maximum atomic E-state index is 12.1. The SMILES string of the molecule is C=C(C)CP(=O)(OC(C)C)OC(C)C. The van der Waals surface area contributed by atoms with E-state index in [0.29, 0.717) is 6.16 Å². The van der Waals surface area contributed by atoms with E-state index < -0.39 is 7.60 Å². The third kappa shape index (κ3) is 6.36. The van der Waals surface area contributed by atoms with Crippen LogP contribution in [-0.4, -0.2) is 18.4 Å². The fourth-order valence-corrected chi connectivity index (χ4v) is 3.22. The van der Waals surface area contributed by atoms with Crippen molar-refractivity contribution in [2.75, 3.05) is 6.16 Å². The largest absolute Gasteiger partial charge is 0.335 e. The molecule has 0 rings (SSSR count). The number of rotatable bonds is 6. The molecule has 0 aromatic heterocycles. The summed E-state index contributed by atoms with van der Waals surface area (Å²) in [6, 6.07) is 0. The smallest absolute Gasteiger partial charge is 0.306 e. The van der Waals surface area contributed by atoms with Gasteiger partial charge in [0.1, 0.15) is 0 Å². The van der Waals surface area contributed by atoms with Crippen LogP contribution in [0.15, 0.2) is 12.2 Å². The van der Waals surface area contributed by atoms with Crippen LogP contribution in [0.3, 0.4) is 0 Å². The fraction of sp³-hybridized carbons (Fsp3) is 0.800. The van der Waals surface area contributed by atoms with Crippen LogP contribution in [0, 0.1) is 0 Å². The van der Waals surface area contributed by atoms with E-state index in [9.17, 15) is 4.57 Å². The van der Waals surface area contributed by atoms with Crippen molar-refractivity contribution in [1.29, 1.82) is 0 Å². The summed E-state index contributed by atoms with van der Waals surface area (Å²) in [5.41, 5.74) is 0.814. The van der Waals surface area contributed by atoms with Gasteiger partial charge in [0.05, 0.1) is 18.4 Å². The second kappa shape index (κ2) is 5.69. The minimum Gasteiger partial charge on any atom is -0.306 e. The Bertz CT molecular complexity index is 220. The molecule has 0 aromatic rings. The molecule has 0 spiro atoms. The molecule has 0 fully saturated rings. The molecule has 0 amide bonds. The maximum Gasteiger partial charge on any atom is 0.335 e. The highest BCUT2D eigenvalue weighted by Gasteiger charge is 2.27. The summed E-state index contributed by atoms with van der Waals surface area (Å²) in [6.45, 7) is 12.9. The van der Waals surface area contributed by atoms with Gasteiger partial charge in [-0.2, -0.15) is 0 Å². The summed E-state index contributed by atoms with van der Waals surface area (Å²) in [6.07, 6.45) is 0.0986. The van der Waals surface area contributed by atoms with Crippen molar-refractivity contribution in [3.05, 3.63) is 12.2 Å². The van der Waals surface area contributed by atoms with Gasteiger partial charge in [-0.3, -0.25) is 4.57 Å². The normalized spacial score (nSPS) is 12.5. The first-order chi connectivity index (χ1) is 6.25. The molecule has 0 aliphatic carbocycles. The summed E-state index contributed by atoms with van der Waals surface area (Å²) >= 11 is 0. The first-order valence-corrected chi connectivity index (χ1v) is 6.58. The third-order valence-corrected chi connectivity index (χ3v) is 3.62. The zero-order valence-corrected chi connectivity index (χ0v) is 10.6. The van der Waals surface area contributed by atoms with Crippen LogP contribution in [0.4, 0.5) is 0 Å². The van der Waals surface area contributed by atoms with Crippen LogP contribution in [0.2, 0.25) is 0 Å². The van der Waals surface area contributed by atoms with Crippen LogP contribution in [0.1, 0.15) is 34.6 Å². The average molecular weight is 220 g/mol. The summed E-state index contributed by atoms with van der Waals surface area (Å²) in [7, 11) is -2.99. The zero-order chi connectivity index (χ0) is 11.4. The van der Waals surface area contributed by atoms with Gasteiger partial charge in [-0.15, -0.1) is 0 Å². The van der Waals surface area contributed by atoms with Crippen LogP contribution in [-0.2, 0) is 13.6 Å². The van der Waals surface area contributed by atoms with Crippen molar-refractivity contribution in [2.24, 2.45) is 0 Å². The molecule has 0 aromatic carbocycles. The highest BCUT2D eigenvalue weighted by molar-refractivity contribution is 7.54. The molecule has 4 heteroatoms. The van der Waals surface area contributed by atoms with Gasteiger partial charge in [0, 0.05) is 0 Å². The van der Waals surface area contributed by atoms with E-state index in [2.05, 4.69) is 6.58 Å². The Morgan fingerprint density at radius 1 is 1.21 bits per heavy atom. The third-order valence-electron chi connectivity index (χ3n) is 1.21. The first-order valence-electron chi connectivity index (χ1n) is 4.85. The summed E-state index contributed by atoms with van der Waals surface area (Å²) in [5.74, 6) is 0. The summed E-state index contributed by atoms with van der Waals surface area (Å²) in [4.78, 5) is 0. The molecule has 14 heavy (non-hydrogen) atoms. The van der Waals surface area contributed by atoms with Gasteiger partial charge in [-0.1, -0.05) is 12.2 Å². The van der Waals surface area contributed by atoms with Gasteiger partial charge < -0.3 is 9.05 Å². The van der Waals surface area contributed by atoms with E-state index >= 15 is 0 Å². The molecule has 0 N–H and O–H groups in total. The maximum absolute atomic E-state index is 12.1. The van der Waals surface area contributed by atoms with Gasteiger partial charge in [0.2, 0.25) is 0 Å². The number of hydrogen-bond acceptors (Lipinski definition) is 3. The van der Waals surface area contributed by atoms with Crippen molar-refractivity contribution >= 4 is 7.60 Å². The molecule has 0 radical (unpaired) electrons. The van der Waals surface area contributed by atoms with E-state index in [4.69, 9.17) is 9.05 Å². The van der Waals surface area contributed by atoms with Gasteiger partial charge >= 0.3 is 7.60 Å². The Hall–Kier alpha value is -0.110. The van der Waals surface area contributed by atoms with E-state index in [1.807, 2.05) is 34.6 Å². The molecule has 0 heterocycles. The minimum atomic E-state index is -2.99. The molecule has 0 saturated carbocycles. The Labute approximate surface area is 87.0 Å². The standard InChI is InChI=1S/C10H21O3P/c1-8(2)7-14(11,12-9(3)4)13-10(5)6/h9-10H,1,7H2,2-6H3. The molecule has 0 saturated heterocycles. The van der Waals surface area contributed by atoms with E-state index in [-0.39, 0.29) is 12.2 Å². The first kappa shape index (κ1) is 13.9. The van der Waals surface area contributed by atoms with Gasteiger partial charge in [0.25, 0.3) is 0 Å². The lowest BCUT2D eigenvalue weighted by Gasteiger charge is -2.22. The van der Waals surface area contributed by atoms with Crippen LogP contribution < -0.4 is 0 Å². The van der Waals surface area contributed by atoms with Crippen molar-refractivity contribution in [1.82, 2.24) is 0 Å². The Morgan fingerprint density at radius 2 is 1.57 bits per heavy atom. The molecular formula is C10H21O3P. The van der Waals surface area contributed by atoms with Crippen molar-refractivity contribution in [2.45, 2.75) is 46.8 Å². The number of hydrogen-bond donors (Lipinski definition) is 0. The minimum absolute atomic E-state index is 0.0982. The Kier molecular flexibility index (Phi) is 5.65. The van der Waals surface area contributed by atoms with Crippen molar-refractivity contribution in [3.8, 4) is 0 Å². The lowest BCUT2D eigenvalue weighted by Crippen LogP contribution is -2.10. The van der Waals surface area contributed by atoms with Gasteiger partial charge in [-0.25, -0.2) is 0 Å². The Balaban J connectivity index is 4.49. The molecule has 0 aliphatic rings. The molecule has 0 unspecified atom stereocenters. The number of allylic oxidation sites excluding steroid dienone is 1. The van der Waals surface area contributed by atoms with Crippen LogP contribution in [0.5, 0.6) is 0 Å². The fourth-order valence-electron chi connectivity index (χ4n) is 1.07. The monoisotopic (exact) mass is 220 g/mol. The van der Waals surface area contributed by atoms with Crippen molar-refractivity contribution in [3.63, 3.8) is 0 Å². The lowest BCUT2D eigenvalue weighted by molar-refractivity contribution is 0.144. The Morgan fingerprint density at radius 3 is 1.79 bits per heavy atom. The molecule has 0 bridgehead atoms. The topological polar surface area (TPSA) is 35.5 Å². The quantitative estimate of drug-likeness (QED) is 0.506. The van der Waals surface area contributed by atoms with Gasteiger partial charge in [0.15, 0.2) is 0 Å². The summed E-state index contributed by atoms with van der Waals surface area (Å²) in [5, 5.41) is 0. The molecular weight excluding hydrogens is 199 g/mol. The van der Waals surface area contributed by atoms with E-state index in [0.717, 1.165) is 5.57 Å². The van der Waals surface area contributed by atoms with E-state index in [1.165, 1.54) is 0 Å². The molecule has 0 aliphatic heterocycles. The van der Waals surface area contributed by atoms with E-state index in [1.54, 1.807) is 0 Å². The zero-order valence-electron chi connectivity index (χ0n) is 9.74. The van der Waals surface area contributed by atoms with Gasteiger partial charge in [-0.05, 0) is 34.6 Å².